The summed E-state index contributed by atoms with van der Waals surface area (Å²) in [5.41, 5.74) is 3.51. The summed E-state index contributed by atoms with van der Waals surface area (Å²) < 4.78 is 5.32. The van der Waals surface area contributed by atoms with Crippen LogP contribution in [0.1, 0.15) is 52.2 Å². The zero-order valence-corrected chi connectivity index (χ0v) is 21.0. The molecular formula is C24H34N4O4S. The molecule has 9 heteroatoms. The van der Waals surface area contributed by atoms with Gasteiger partial charge in [-0.1, -0.05) is 45.5 Å². The highest BCUT2D eigenvalue weighted by Crippen LogP contribution is 2.32. The number of aryl methyl sites for hydroxylation is 1. The molecule has 0 saturated carbocycles. The molecule has 0 aliphatic carbocycles. The molecule has 0 bridgehead atoms. The van der Waals surface area contributed by atoms with Gasteiger partial charge in [0.2, 0.25) is 5.91 Å². The van der Waals surface area contributed by atoms with E-state index in [-0.39, 0.29) is 23.7 Å². The number of hydrogen-bond donors (Lipinski definition) is 0. The molecule has 2 aliphatic heterocycles. The van der Waals surface area contributed by atoms with E-state index < -0.39 is 11.3 Å². The van der Waals surface area contributed by atoms with Crippen molar-refractivity contribution in [3.63, 3.8) is 0 Å². The van der Waals surface area contributed by atoms with Crippen LogP contribution in [-0.2, 0) is 16.0 Å². The quantitative estimate of drug-likeness (QED) is 0.584. The molecule has 1 unspecified atom stereocenters. The first kappa shape index (κ1) is 25.2. The lowest BCUT2D eigenvalue weighted by atomic mass is 9.96. The highest BCUT2D eigenvalue weighted by atomic mass is 32.2. The molecule has 0 N–H and O–H groups in total. The summed E-state index contributed by atoms with van der Waals surface area (Å²) in [4.78, 5) is 41.7. The molecule has 3 rings (SSSR count). The number of rotatable bonds is 7. The van der Waals surface area contributed by atoms with Crippen molar-refractivity contribution in [1.82, 2.24) is 9.91 Å². The van der Waals surface area contributed by atoms with Crippen molar-refractivity contribution in [2.24, 2.45) is 11.0 Å². The third kappa shape index (κ3) is 5.76. The van der Waals surface area contributed by atoms with E-state index in [1.54, 1.807) is 0 Å². The van der Waals surface area contributed by atoms with E-state index in [4.69, 9.17) is 4.74 Å². The van der Waals surface area contributed by atoms with Gasteiger partial charge in [-0.3, -0.25) is 9.59 Å². The smallest absolute Gasteiger partial charge is 0.438 e. The fourth-order valence-corrected chi connectivity index (χ4v) is 4.87. The summed E-state index contributed by atoms with van der Waals surface area (Å²) >= 11 is 1.06. The van der Waals surface area contributed by atoms with Crippen LogP contribution in [0.25, 0.3) is 0 Å². The number of nitrogens with zero attached hydrogens (tertiary/aromatic N) is 4. The Morgan fingerprint density at radius 2 is 2.00 bits per heavy atom. The lowest BCUT2D eigenvalue weighted by Gasteiger charge is -2.32. The van der Waals surface area contributed by atoms with Crippen molar-refractivity contribution >= 4 is 40.4 Å². The summed E-state index contributed by atoms with van der Waals surface area (Å²) in [6.45, 7) is 13.1. The number of imide groups is 1. The molecule has 0 fully saturated rings. The van der Waals surface area contributed by atoms with Gasteiger partial charge in [0, 0.05) is 24.7 Å². The maximum Gasteiger partial charge on any atom is 0.438 e. The van der Waals surface area contributed by atoms with E-state index in [0.29, 0.717) is 12.3 Å². The summed E-state index contributed by atoms with van der Waals surface area (Å²) in [6.07, 6.45) is 1.01. The van der Waals surface area contributed by atoms with Gasteiger partial charge in [-0.2, -0.15) is 5.10 Å². The lowest BCUT2D eigenvalue weighted by Crippen LogP contribution is -2.40. The molecule has 33 heavy (non-hydrogen) atoms. The first-order chi connectivity index (χ1) is 15.8. The topological polar surface area (TPSA) is 82.5 Å². The van der Waals surface area contributed by atoms with Crippen LogP contribution in [0.2, 0.25) is 0 Å². The Balaban J connectivity index is 1.80. The van der Waals surface area contributed by atoms with Crippen molar-refractivity contribution in [1.29, 1.82) is 0 Å². The van der Waals surface area contributed by atoms with Crippen molar-refractivity contribution < 1.29 is 19.1 Å². The molecular weight excluding hydrogens is 440 g/mol. The second kappa shape index (κ2) is 11.2. The molecule has 0 aromatic heterocycles. The summed E-state index contributed by atoms with van der Waals surface area (Å²) in [5, 5.41) is 4.58. The zero-order valence-electron chi connectivity index (χ0n) is 20.2. The van der Waals surface area contributed by atoms with E-state index in [9.17, 15) is 14.4 Å². The van der Waals surface area contributed by atoms with Crippen LogP contribution >= 0.6 is 11.8 Å². The van der Waals surface area contributed by atoms with E-state index in [1.807, 2.05) is 57.7 Å². The van der Waals surface area contributed by atoms with Crippen LogP contribution in [-0.4, -0.2) is 70.9 Å². The Morgan fingerprint density at radius 3 is 2.67 bits per heavy atom. The number of anilines is 1. The molecule has 8 nitrogen and oxygen atoms in total. The molecule has 2 aliphatic rings. The number of fused-ring (bicyclic) bond motifs is 1. The Morgan fingerprint density at radius 1 is 1.27 bits per heavy atom. The Hall–Kier alpha value is -2.39. The summed E-state index contributed by atoms with van der Waals surface area (Å²) in [5.74, 6) is 0.0499. The molecule has 3 amide bonds. The Bertz CT molecular complexity index is 929. The Kier molecular flexibility index (Phi) is 8.53. The van der Waals surface area contributed by atoms with Gasteiger partial charge in [0.05, 0.1) is 11.0 Å². The van der Waals surface area contributed by atoms with Crippen molar-refractivity contribution in [3.05, 3.63) is 29.3 Å². The van der Waals surface area contributed by atoms with Crippen LogP contribution in [0.4, 0.5) is 15.3 Å². The van der Waals surface area contributed by atoms with E-state index >= 15 is 0 Å². The number of thioether (sulfide) groups is 1. The highest BCUT2D eigenvalue weighted by Gasteiger charge is 2.34. The molecule has 1 atom stereocenters. The predicted molar refractivity (Wildman–Crippen MR) is 132 cm³/mol. The van der Waals surface area contributed by atoms with Crippen molar-refractivity contribution in [3.8, 4) is 0 Å². The average molecular weight is 475 g/mol. The summed E-state index contributed by atoms with van der Waals surface area (Å²) in [6, 6.07) is 5.90. The van der Waals surface area contributed by atoms with Crippen LogP contribution in [0.3, 0.4) is 0 Å². The maximum absolute atomic E-state index is 12.6. The second-order valence-corrected chi connectivity index (χ2v) is 9.85. The average Bonchev–Trinajstić information content (AvgIpc) is 2.80. The molecule has 0 saturated heterocycles. The molecule has 0 spiro atoms. The van der Waals surface area contributed by atoms with E-state index in [0.717, 1.165) is 66.1 Å². The minimum Gasteiger partial charge on any atom is -0.446 e. The number of hydrazone groups is 1. The molecule has 1 aromatic carbocycles. The molecule has 2 heterocycles. The largest absolute Gasteiger partial charge is 0.446 e. The predicted octanol–water partition coefficient (Wildman–Crippen LogP) is 4.36. The van der Waals surface area contributed by atoms with Gasteiger partial charge >= 0.3 is 11.3 Å². The SMILES string of the molecule is CCN(CC)CCOC(=O)N1N=C(c2ccc3c(c2)CCCN3C(=O)C(C)C)C(C)SC1=O. The minimum atomic E-state index is -0.754. The third-order valence-corrected chi connectivity index (χ3v) is 6.95. The van der Waals surface area contributed by atoms with Crippen LogP contribution < -0.4 is 4.90 Å². The fraction of sp³-hybridized carbons (Fsp3) is 0.583. The number of ether oxygens (including phenoxy) is 1. The number of likely N-dealkylation sites (N-methyl/N-ethyl adjacent to an activating group) is 1. The van der Waals surface area contributed by atoms with Gasteiger partial charge in [0.15, 0.2) is 0 Å². The second-order valence-electron chi connectivity index (χ2n) is 8.56. The Labute approximate surface area is 200 Å². The third-order valence-electron chi connectivity index (χ3n) is 6.00. The first-order valence-electron chi connectivity index (χ1n) is 11.7. The molecule has 1 aromatic rings. The van der Waals surface area contributed by atoms with Gasteiger partial charge in [0.25, 0.3) is 0 Å². The fourth-order valence-electron chi connectivity index (χ4n) is 4.05. The molecule has 180 valence electrons. The van der Waals surface area contributed by atoms with Crippen LogP contribution in [0.5, 0.6) is 0 Å². The number of carbonyl (C=O) groups is 3. The minimum absolute atomic E-state index is 0.0675. The number of benzene rings is 1. The van der Waals surface area contributed by atoms with Crippen molar-refractivity contribution in [2.45, 2.75) is 52.7 Å². The lowest BCUT2D eigenvalue weighted by molar-refractivity contribution is -0.121. The van der Waals surface area contributed by atoms with E-state index in [1.165, 1.54) is 0 Å². The summed E-state index contributed by atoms with van der Waals surface area (Å²) in [7, 11) is 0. The maximum atomic E-state index is 12.6. The monoisotopic (exact) mass is 474 g/mol. The normalized spacial score (nSPS) is 18.5. The van der Waals surface area contributed by atoms with Gasteiger partial charge in [-0.15, -0.1) is 5.01 Å². The van der Waals surface area contributed by atoms with Gasteiger partial charge in [0.1, 0.15) is 6.61 Å². The number of hydrogen-bond acceptors (Lipinski definition) is 7. The highest BCUT2D eigenvalue weighted by molar-refractivity contribution is 8.14. The number of amides is 3. The van der Waals surface area contributed by atoms with Crippen LogP contribution in [0.15, 0.2) is 23.3 Å². The van der Waals surface area contributed by atoms with E-state index in [2.05, 4.69) is 10.0 Å². The zero-order chi connectivity index (χ0) is 24.1. The van der Waals surface area contributed by atoms with Crippen molar-refractivity contribution in [2.75, 3.05) is 37.7 Å². The molecule has 0 radical (unpaired) electrons. The standard InChI is InChI=1S/C24H34N4O4S/c1-6-26(7-2)13-14-32-23(30)28-24(31)33-17(5)21(25-28)19-10-11-20-18(15-19)9-8-12-27(20)22(29)16(3)4/h10-11,15-17H,6-9,12-14H2,1-5H3. The van der Waals surface area contributed by atoms with Crippen LogP contribution in [0, 0.1) is 5.92 Å². The van der Waals surface area contributed by atoms with Gasteiger partial charge in [-0.05, 0) is 56.1 Å². The van der Waals surface area contributed by atoms with Gasteiger partial charge in [-0.25, -0.2) is 4.79 Å². The van der Waals surface area contributed by atoms with Gasteiger partial charge < -0.3 is 14.5 Å². The number of carbonyl (C=O) groups excluding carboxylic acids is 3. The first-order valence-corrected chi connectivity index (χ1v) is 12.6.